The Kier molecular flexibility index (Phi) is 3.10. The minimum absolute atomic E-state index is 0.115. The van der Waals surface area contributed by atoms with Crippen LogP contribution in [0.25, 0.3) is 11.0 Å². The molecule has 1 aromatic heterocycles. The van der Waals surface area contributed by atoms with Crippen molar-refractivity contribution in [3.8, 4) is 5.75 Å². The molecule has 0 spiro atoms. The number of hydrogen-bond donors (Lipinski definition) is 5. The Hall–Kier alpha value is -2.97. The molecule has 100 valence electrons. The van der Waals surface area contributed by atoms with Gasteiger partial charge in [-0.15, -0.1) is 0 Å². The fourth-order valence-electron chi connectivity index (χ4n) is 1.58. The zero-order valence-corrected chi connectivity index (χ0v) is 10.1. The summed E-state index contributed by atoms with van der Waals surface area (Å²) < 4.78 is 5.16. The largest absolute Gasteiger partial charge is 0.494 e. The van der Waals surface area contributed by atoms with E-state index in [-0.39, 0.29) is 17.6 Å². The molecular formula is C10H13N7O2. The van der Waals surface area contributed by atoms with Crippen molar-refractivity contribution in [2.45, 2.75) is 0 Å². The van der Waals surface area contributed by atoms with Gasteiger partial charge >= 0.3 is 5.69 Å². The maximum absolute atomic E-state index is 11.2. The smallest absolute Gasteiger partial charge is 0.323 e. The van der Waals surface area contributed by atoms with E-state index in [0.717, 1.165) is 0 Å². The second-order valence-corrected chi connectivity index (χ2v) is 3.66. The average Bonchev–Trinajstić information content (AvgIpc) is 2.65. The highest BCUT2D eigenvalue weighted by atomic mass is 16.5. The van der Waals surface area contributed by atoms with Gasteiger partial charge in [-0.25, -0.2) is 9.79 Å². The Morgan fingerprint density at radius 2 is 1.84 bits per heavy atom. The lowest BCUT2D eigenvalue weighted by atomic mass is 10.2. The highest BCUT2D eigenvalue weighted by Crippen LogP contribution is 2.30. The quantitative estimate of drug-likeness (QED) is 0.349. The van der Waals surface area contributed by atoms with Crippen LogP contribution in [0, 0.1) is 0 Å². The Labute approximate surface area is 107 Å². The number of nitrogens with two attached hydrogens (primary N) is 3. The van der Waals surface area contributed by atoms with E-state index in [1.165, 1.54) is 7.11 Å². The number of rotatable bonds is 2. The summed E-state index contributed by atoms with van der Waals surface area (Å²) in [5, 5.41) is 0. The van der Waals surface area contributed by atoms with Gasteiger partial charge in [0.1, 0.15) is 11.4 Å². The molecule has 0 atom stereocenters. The standard InChI is InChI=1S/C10H13N7O2/c1-19-7-3-5-4(15-10(18)16-5)2-6(7)14-9(13)17-8(11)12/h2-3H,1H3,(H2,15,16,18)(H6,11,12,13,14,17). The number of aromatic amines is 2. The molecule has 1 aromatic carbocycles. The first-order valence-electron chi connectivity index (χ1n) is 5.23. The number of imidazole rings is 1. The topological polar surface area (TPSA) is 161 Å². The number of ether oxygens (including phenoxy) is 1. The van der Waals surface area contributed by atoms with E-state index >= 15 is 0 Å². The predicted molar refractivity (Wildman–Crippen MR) is 72.6 cm³/mol. The third-order valence-corrected chi connectivity index (χ3v) is 2.29. The van der Waals surface area contributed by atoms with Gasteiger partial charge in [0.05, 0.1) is 18.1 Å². The van der Waals surface area contributed by atoms with Gasteiger partial charge < -0.3 is 31.9 Å². The van der Waals surface area contributed by atoms with Crippen molar-refractivity contribution in [3.05, 3.63) is 22.6 Å². The predicted octanol–water partition coefficient (Wildman–Crippen LogP) is -0.916. The van der Waals surface area contributed by atoms with Crippen molar-refractivity contribution in [2.24, 2.45) is 27.2 Å². The Balaban J connectivity index is 2.58. The zero-order chi connectivity index (χ0) is 14.0. The third kappa shape index (κ3) is 2.65. The molecule has 0 aliphatic carbocycles. The summed E-state index contributed by atoms with van der Waals surface area (Å²) in [7, 11) is 1.47. The van der Waals surface area contributed by atoms with E-state index in [9.17, 15) is 4.79 Å². The lowest BCUT2D eigenvalue weighted by Gasteiger charge is -2.04. The summed E-state index contributed by atoms with van der Waals surface area (Å²) in [5.74, 6) is 0.114. The normalized spacial score (nSPS) is 11.5. The molecule has 0 bridgehead atoms. The van der Waals surface area contributed by atoms with Crippen molar-refractivity contribution >= 4 is 28.6 Å². The average molecular weight is 263 g/mol. The molecule has 0 fully saturated rings. The number of nitrogens with zero attached hydrogens (tertiary/aromatic N) is 2. The zero-order valence-electron chi connectivity index (χ0n) is 10.1. The molecule has 0 amide bonds. The van der Waals surface area contributed by atoms with E-state index in [4.69, 9.17) is 21.9 Å². The van der Waals surface area contributed by atoms with Crippen molar-refractivity contribution in [3.63, 3.8) is 0 Å². The van der Waals surface area contributed by atoms with Gasteiger partial charge in [-0.05, 0) is 6.07 Å². The Morgan fingerprint density at radius 1 is 1.21 bits per heavy atom. The second kappa shape index (κ2) is 4.72. The molecule has 9 heteroatoms. The van der Waals surface area contributed by atoms with Crippen molar-refractivity contribution in [1.82, 2.24) is 9.97 Å². The van der Waals surface area contributed by atoms with Gasteiger partial charge in [-0.1, -0.05) is 0 Å². The first kappa shape index (κ1) is 12.5. The lowest BCUT2D eigenvalue weighted by molar-refractivity contribution is 0.416. The van der Waals surface area contributed by atoms with E-state index < -0.39 is 0 Å². The van der Waals surface area contributed by atoms with Crippen LogP contribution in [0.5, 0.6) is 5.75 Å². The van der Waals surface area contributed by atoms with Crippen LogP contribution in [0.2, 0.25) is 0 Å². The van der Waals surface area contributed by atoms with Crippen LogP contribution in [0.4, 0.5) is 5.69 Å². The van der Waals surface area contributed by atoms with Crippen LogP contribution in [-0.4, -0.2) is 29.0 Å². The number of guanidine groups is 2. The summed E-state index contributed by atoms with van der Waals surface area (Å²) in [6.45, 7) is 0. The summed E-state index contributed by atoms with van der Waals surface area (Å²) in [6.07, 6.45) is 0. The highest BCUT2D eigenvalue weighted by Gasteiger charge is 2.07. The van der Waals surface area contributed by atoms with E-state index in [0.29, 0.717) is 22.5 Å². The molecule has 0 saturated carbocycles. The lowest BCUT2D eigenvalue weighted by Crippen LogP contribution is -2.26. The van der Waals surface area contributed by atoms with Crippen LogP contribution >= 0.6 is 0 Å². The van der Waals surface area contributed by atoms with Gasteiger partial charge in [-0.3, -0.25) is 0 Å². The first-order chi connectivity index (χ1) is 8.99. The molecule has 2 aromatic rings. The molecule has 1 heterocycles. The minimum atomic E-state index is -0.324. The number of fused-ring (bicyclic) bond motifs is 1. The van der Waals surface area contributed by atoms with E-state index in [1.54, 1.807) is 12.1 Å². The van der Waals surface area contributed by atoms with E-state index in [1.807, 2.05) is 0 Å². The Morgan fingerprint density at radius 3 is 2.42 bits per heavy atom. The van der Waals surface area contributed by atoms with Crippen molar-refractivity contribution < 1.29 is 4.74 Å². The van der Waals surface area contributed by atoms with Gasteiger partial charge in [0, 0.05) is 6.07 Å². The van der Waals surface area contributed by atoms with Crippen LogP contribution in [0.3, 0.4) is 0 Å². The first-order valence-corrected chi connectivity index (χ1v) is 5.23. The number of nitrogens with one attached hydrogen (secondary N) is 2. The number of aliphatic imine (C=N–C) groups is 2. The molecular weight excluding hydrogens is 250 g/mol. The highest BCUT2D eigenvalue weighted by molar-refractivity contribution is 5.94. The number of methoxy groups -OCH3 is 1. The third-order valence-electron chi connectivity index (χ3n) is 2.29. The molecule has 0 aliphatic rings. The van der Waals surface area contributed by atoms with Crippen LogP contribution in [0.1, 0.15) is 0 Å². The van der Waals surface area contributed by atoms with E-state index in [2.05, 4.69) is 20.0 Å². The molecule has 9 nitrogen and oxygen atoms in total. The molecule has 0 unspecified atom stereocenters. The fraction of sp³-hybridized carbons (Fsp3) is 0.100. The molecule has 0 aliphatic heterocycles. The second-order valence-electron chi connectivity index (χ2n) is 3.66. The van der Waals surface area contributed by atoms with Crippen LogP contribution in [-0.2, 0) is 0 Å². The monoisotopic (exact) mass is 263 g/mol. The summed E-state index contributed by atoms with van der Waals surface area (Å²) in [4.78, 5) is 24.0. The SMILES string of the molecule is COc1cc2[nH]c(=O)[nH]c2cc1N=C(N)N=C(N)N. The summed E-state index contributed by atoms with van der Waals surface area (Å²) in [6, 6.07) is 3.22. The minimum Gasteiger partial charge on any atom is -0.494 e. The van der Waals surface area contributed by atoms with Gasteiger partial charge in [0.25, 0.3) is 0 Å². The van der Waals surface area contributed by atoms with Crippen molar-refractivity contribution in [1.29, 1.82) is 0 Å². The molecule has 0 radical (unpaired) electrons. The molecule has 0 saturated heterocycles. The maximum Gasteiger partial charge on any atom is 0.323 e. The fourth-order valence-corrected chi connectivity index (χ4v) is 1.58. The Bertz CT molecular complexity index is 721. The maximum atomic E-state index is 11.2. The number of benzene rings is 1. The van der Waals surface area contributed by atoms with Gasteiger partial charge in [0.15, 0.2) is 5.96 Å². The molecule has 2 rings (SSSR count). The van der Waals surface area contributed by atoms with Crippen molar-refractivity contribution in [2.75, 3.05) is 7.11 Å². The number of hydrogen-bond acceptors (Lipinski definition) is 3. The summed E-state index contributed by atoms with van der Waals surface area (Å²) in [5.41, 5.74) is 17.2. The van der Waals surface area contributed by atoms with Crippen LogP contribution < -0.4 is 27.6 Å². The van der Waals surface area contributed by atoms with Crippen LogP contribution in [0.15, 0.2) is 26.9 Å². The number of aromatic nitrogens is 2. The molecule has 8 N–H and O–H groups in total. The van der Waals surface area contributed by atoms with Gasteiger partial charge in [0.2, 0.25) is 5.96 Å². The number of H-pyrrole nitrogens is 2. The summed E-state index contributed by atoms with van der Waals surface area (Å²) >= 11 is 0. The molecule has 19 heavy (non-hydrogen) atoms. The van der Waals surface area contributed by atoms with Gasteiger partial charge in [-0.2, -0.15) is 4.99 Å².